The molecule has 9 rings (SSSR count). The first-order valence-corrected chi connectivity index (χ1v) is 17.1. The number of para-hydroxylation sites is 4. The van der Waals surface area contributed by atoms with E-state index in [2.05, 4.69) is 216 Å². The van der Waals surface area contributed by atoms with E-state index in [0.717, 1.165) is 22.7 Å². The standard InChI is InChI=1S/C48H34N2/c1-4-17-35(18-5-1)36-31-33-38(34-32-36)41-24-11-14-27-44(41)50(43-26-13-10-23-40(43)37-19-6-2-7-20-37)47-30-16-29-46-48(47)42-25-12-15-28-45(42)49(46)39-21-8-3-9-22-39/h1-34H. The summed E-state index contributed by atoms with van der Waals surface area (Å²) < 4.78 is 2.39. The molecule has 0 aliphatic rings. The molecule has 8 aromatic carbocycles. The topological polar surface area (TPSA) is 8.17 Å². The number of hydrogen-bond donors (Lipinski definition) is 0. The third kappa shape index (κ3) is 5.15. The van der Waals surface area contributed by atoms with Gasteiger partial charge in [-0.1, -0.05) is 164 Å². The Bertz CT molecular complexity index is 2570. The van der Waals surface area contributed by atoms with Gasteiger partial charge in [-0.05, 0) is 64.7 Å². The Hall–Kier alpha value is -6.64. The maximum atomic E-state index is 2.48. The summed E-state index contributed by atoms with van der Waals surface area (Å²) in [6, 6.07) is 74.1. The molecule has 0 aliphatic heterocycles. The number of fused-ring (bicyclic) bond motifs is 3. The summed E-state index contributed by atoms with van der Waals surface area (Å²) in [6.07, 6.45) is 0. The highest BCUT2D eigenvalue weighted by Gasteiger charge is 2.24. The van der Waals surface area contributed by atoms with Gasteiger partial charge in [-0.15, -0.1) is 0 Å². The molecule has 0 fully saturated rings. The Labute approximate surface area is 292 Å². The highest BCUT2D eigenvalue weighted by molar-refractivity contribution is 6.17. The van der Waals surface area contributed by atoms with Crippen molar-refractivity contribution in [2.75, 3.05) is 4.90 Å². The average molecular weight is 639 g/mol. The van der Waals surface area contributed by atoms with E-state index in [-0.39, 0.29) is 0 Å². The minimum atomic E-state index is 1.12. The van der Waals surface area contributed by atoms with E-state index in [9.17, 15) is 0 Å². The van der Waals surface area contributed by atoms with E-state index in [0.29, 0.717) is 0 Å². The van der Waals surface area contributed by atoms with Crippen LogP contribution in [0.15, 0.2) is 206 Å². The number of rotatable bonds is 7. The third-order valence-electron chi connectivity index (χ3n) is 9.61. The van der Waals surface area contributed by atoms with Crippen LogP contribution in [-0.2, 0) is 0 Å². The summed E-state index contributed by atoms with van der Waals surface area (Å²) in [5.41, 5.74) is 14.0. The normalized spacial score (nSPS) is 11.2. The molecular weight excluding hydrogens is 605 g/mol. The Morgan fingerprint density at radius 3 is 1.40 bits per heavy atom. The van der Waals surface area contributed by atoms with Crippen molar-refractivity contribution in [2.24, 2.45) is 0 Å². The van der Waals surface area contributed by atoms with Crippen molar-refractivity contribution in [1.29, 1.82) is 0 Å². The Balaban J connectivity index is 1.33. The van der Waals surface area contributed by atoms with Crippen LogP contribution in [0.4, 0.5) is 17.1 Å². The molecule has 0 amide bonds. The Morgan fingerprint density at radius 1 is 0.300 bits per heavy atom. The quantitative estimate of drug-likeness (QED) is 0.169. The van der Waals surface area contributed by atoms with Gasteiger partial charge in [0, 0.05) is 27.6 Å². The van der Waals surface area contributed by atoms with Gasteiger partial charge in [-0.3, -0.25) is 0 Å². The van der Waals surface area contributed by atoms with Gasteiger partial charge >= 0.3 is 0 Å². The Kier molecular flexibility index (Phi) is 7.53. The lowest BCUT2D eigenvalue weighted by Gasteiger charge is -2.30. The zero-order valence-electron chi connectivity index (χ0n) is 27.5. The van der Waals surface area contributed by atoms with Gasteiger partial charge in [0.1, 0.15) is 0 Å². The van der Waals surface area contributed by atoms with Crippen LogP contribution in [0.5, 0.6) is 0 Å². The first-order chi connectivity index (χ1) is 24.8. The van der Waals surface area contributed by atoms with E-state index in [1.54, 1.807) is 0 Å². The zero-order valence-corrected chi connectivity index (χ0v) is 27.5. The molecule has 2 nitrogen and oxygen atoms in total. The van der Waals surface area contributed by atoms with Crippen LogP contribution >= 0.6 is 0 Å². The number of aromatic nitrogens is 1. The van der Waals surface area contributed by atoms with Crippen LogP contribution in [0, 0.1) is 0 Å². The molecule has 0 N–H and O–H groups in total. The first-order valence-electron chi connectivity index (χ1n) is 17.1. The highest BCUT2D eigenvalue weighted by Crippen LogP contribution is 2.48. The van der Waals surface area contributed by atoms with Gasteiger partial charge in [0.25, 0.3) is 0 Å². The zero-order chi connectivity index (χ0) is 33.3. The number of nitrogens with zero attached hydrogens (tertiary/aromatic N) is 2. The molecular formula is C48H34N2. The molecule has 0 spiro atoms. The van der Waals surface area contributed by atoms with Crippen LogP contribution in [-0.4, -0.2) is 4.57 Å². The molecule has 0 radical (unpaired) electrons. The molecule has 9 aromatic rings. The lowest BCUT2D eigenvalue weighted by molar-refractivity contribution is 1.18. The second kappa shape index (κ2) is 12.8. The van der Waals surface area contributed by atoms with Crippen molar-refractivity contribution in [3.05, 3.63) is 206 Å². The first kappa shape index (κ1) is 29.5. The maximum absolute atomic E-state index is 2.48. The van der Waals surface area contributed by atoms with E-state index in [1.807, 2.05) is 0 Å². The molecule has 0 bridgehead atoms. The number of benzene rings is 8. The molecule has 1 heterocycles. The fraction of sp³-hybridized carbons (Fsp3) is 0. The van der Waals surface area contributed by atoms with Gasteiger partial charge in [0.15, 0.2) is 0 Å². The lowest BCUT2D eigenvalue weighted by atomic mass is 9.96. The molecule has 0 saturated heterocycles. The van der Waals surface area contributed by atoms with Crippen LogP contribution in [0.3, 0.4) is 0 Å². The van der Waals surface area contributed by atoms with Gasteiger partial charge in [-0.2, -0.15) is 0 Å². The Morgan fingerprint density at radius 2 is 0.740 bits per heavy atom. The smallest absolute Gasteiger partial charge is 0.0562 e. The van der Waals surface area contributed by atoms with Gasteiger partial charge in [-0.25, -0.2) is 0 Å². The predicted molar refractivity (Wildman–Crippen MR) is 212 cm³/mol. The fourth-order valence-electron chi connectivity index (χ4n) is 7.35. The van der Waals surface area contributed by atoms with E-state index in [1.165, 1.54) is 55.2 Å². The highest BCUT2D eigenvalue weighted by atomic mass is 15.2. The fourth-order valence-corrected chi connectivity index (χ4v) is 7.35. The second-order valence-corrected chi connectivity index (χ2v) is 12.5. The number of hydrogen-bond acceptors (Lipinski definition) is 1. The van der Waals surface area contributed by atoms with E-state index >= 15 is 0 Å². The van der Waals surface area contributed by atoms with E-state index < -0.39 is 0 Å². The van der Waals surface area contributed by atoms with Crippen molar-refractivity contribution in [1.82, 2.24) is 4.57 Å². The van der Waals surface area contributed by atoms with Crippen LogP contribution in [0.2, 0.25) is 0 Å². The molecule has 0 saturated carbocycles. The summed E-state index contributed by atoms with van der Waals surface area (Å²) in [6.45, 7) is 0. The van der Waals surface area contributed by atoms with Crippen LogP contribution in [0.25, 0.3) is 60.9 Å². The molecule has 0 unspecified atom stereocenters. The molecule has 236 valence electrons. The SMILES string of the molecule is c1ccc(-c2ccc(-c3ccccc3N(c3ccccc3-c3ccccc3)c3cccc4c3c3ccccc3n4-c3ccccc3)cc2)cc1. The average Bonchev–Trinajstić information content (AvgIpc) is 3.55. The van der Waals surface area contributed by atoms with E-state index in [4.69, 9.17) is 0 Å². The molecule has 0 aliphatic carbocycles. The van der Waals surface area contributed by atoms with Crippen molar-refractivity contribution in [3.63, 3.8) is 0 Å². The minimum Gasteiger partial charge on any atom is -0.309 e. The van der Waals surface area contributed by atoms with Gasteiger partial charge < -0.3 is 9.47 Å². The minimum absolute atomic E-state index is 1.12. The summed E-state index contributed by atoms with van der Waals surface area (Å²) in [7, 11) is 0. The van der Waals surface area contributed by atoms with Crippen molar-refractivity contribution >= 4 is 38.9 Å². The predicted octanol–water partition coefficient (Wildman–Crippen LogP) is 13.3. The molecule has 0 atom stereocenters. The summed E-state index contributed by atoms with van der Waals surface area (Å²) in [4.78, 5) is 2.48. The van der Waals surface area contributed by atoms with Crippen LogP contribution in [0.1, 0.15) is 0 Å². The second-order valence-electron chi connectivity index (χ2n) is 12.5. The summed E-state index contributed by atoms with van der Waals surface area (Å²) in [5, 5.41) is 2.43. The maximum Gasteiger partial charge on any atom is 0.0562 e. The number of anilines is 3. The molecule has 2 heteroatoms. The molecule has 1 aromatic heterocycles. The lowest BCUT2D eigenvalue weighted by Crippen LogP contribution is -2.13. The van der Waals surface area contributed by atoms with Gasteiger partial charge in [0.2, 0.25) is 0 Å². The summed E-state index contributed by atoms with van der Waals surface area (Å²) in [5.74, 6) is 0. The third-order valence-corrected chi connectivity index (χ3v) is 9.61. The monoisotopic (exact) mass is 638 g/mol. The van der Waals surface area contributed by atoms with Crippen molar-refractivity contribution in [3.8, 4) is 39.1 Å². The van der Waals surface area contributed by atoms with Crippen molar-refractivity contribution in [2.45, 2.75) is 0 Å². The summed E-state index contributed by atoms with van der Waals surface area (Å²) >= 11 is 0. The van der Waals surface area contributed by atoms with Crippen LogP contribution < -0.4 is 4.90 Å². The molecule has 50 heavy (non-hydrogen) atoms. The van der Waals surface area contributed by atoms with Crippen molar-refractivity contribution < 1.29 is 0 Å². The largest absolute Gasteiger partial charge is 0.309 e. The van der Waals surface area contributed by atoms with Gasteiger partial charge in [0.05, 0.1) is 28.1 Å².